The number of hydrogen-bond donors (Lipinski definition) is 1. The van der Waals surface area contributed by atoms with E-state index in [9.17, 15) is 22.8 Å². The number of rotatable bonds is 5. The standard InChI is InChI=1S/C19H17ClN2O6S/c1-2-28-19(25)12-3-6-14(7-4-12)21-18(24)13-5-8-15(20)16(11-13)22-17(23)9-10-29(22,26)27/h3-8,11H,2,9-10H2,1H3,(H,21,24). The average molecular weight is 437 g/mol. The molecule has 0 unspecified atom stereocenters. The van der Waals surface area contributed by atoms with E-state index in [1.54, 1.807) is 6.92 Å². The van der Waals surface area contributed by atoms with Gasteiger partial charge in [-0.3, -0.25) is 9.59 Å². The molecule has 0 atom stereocenters. The largest absolute Gasteiger partial charge is 0.462 e. The molecule has 8 nitrogen and oxygen atoms in total. The molecule has 0 radical (unpaired) electrons. The Bertz CT molecular complexity index is 1080. The fourth-order valence-corrected chi connectivity index (χ4v) is 4.48. The molecule has 2 aromatic rings. The molecule has 2 amide bonds. The van der Waals surface area contributed by atoms with Crippen LogP contribution >= 0.6 is 11.6 Å². The van der Waals surface area contributed by atoms with E-state index < -0.39 is 27.8 Å². The Morgan fingerprint density at radius 2 is 1.79 bits per heavy atom. The average Bonchev–Trinajstić information content (AvgIpc) is 2.95. The first-order valence-electron chi connectivity index (χ1n) is 8.67. The van der Waals surface area contributed by atoms with Crippen LogP contribution in [0.4, 0.5) is 11.4 Å². The number of nitrogens with one attached hydrogen (secondary N) is 1. The van der Waals surface area contributed by atoms with Crippen molar-refractivity contribution in [3.8, 4) is 0 Å². The summed E-state index contributed by atoms with van der Waals surface area (Å²) >= 11 is 6.07. The zero-order valence-electron chi connectivity index (χ0n) is 15.3. The molecule has 3 rings (SSSR count). The molecule has 10 heteroatoms. The fraction of sp³-hybridized carbons (Fsp3) is 0.211. The first kappa shape index (κ1) is 20.8. The predicted molar refractivity (Wildman–Crippen MR) is 108 cm³/mol. The molecule has 0 bridgehead atoms. The maximum atomic E-state index is 12.6. The zero-order valence-corrected chi connectivity index (χ0v) is 16.9. The number of ether oxygens (including phenoxy) is 1. The lowest BCUT2D eigenvalue weighted by Gasteiger charge is -2.17. The van der Waals surface area contributed by atoms with Gasteiger partial charge < -0.3 is 10.1 Å². The van der Waals surface area contributed by atoms with E-state index in [1.807, 2.05) is 0 Å². The van der Waals surface area contributed by atoms with Gasteiger partial charge in [-0.25, -0.2) is 17.5 Å². The summed E-state index contributed by atoms with van der Waals surface area (Å²) in [6.07, 6.45) is -0.137. The molecule has 0 saturated carbocycles. The van der Waals surface area contributed by atoms with Gasteiger partial charge in [0.25, 0.3) is 5.91 Å². The number of esters is 1. The number of benzene rings is 2. The van der Waals surface area contributed by atoms with Crippen molar-refractivity contribution in [1.82, 2.24) is 0 Å². The van der Waals surface area contributed by atoms with E-state index >= 15 is 0 Å². The van der Waals surface area contributed by atoms with Crippen molar-refractivity contribution in [3.05, 3.63) is 58.6 Å². The fourth-order valence-electron chi connectivity index (χ4n) is 2.77. The van der Waals surface area contributed by atoms with E-state index in [-0.39, 0.29) is 35.1 Å². The summed E-state index contributed by atoms with van der Waals surface area (Å²) in [4.78, 5) is 36.2. The van der Waals surface area contributed by atoms with Gasteiger partial charge in [-0.05, 0) is 49.4 Å². The normalized spacial score (nSPS) is 15.2. The lowest BCUT2D eigenvalue weighted by molar-refractivity contribution is -0.116. The predicted octanol–water partition coefficient (Wildman–Crippen LogP) is 2.84. The van der Waals surface area contributed by atoms with Crippen molar-refractivity contribution in [2.75, 3.05) is 22.0 Å². The van der Waals surface area contributed by atoms with Gasteiger partial charge in [-0.15, -0.1) is 0 Å². The highest BCUT2D eigenvalue weighted by Crippen LogP contribution is 2.33. The molecule has 1 fully saturated rings. The molecule has 1 aliphatic rings. The third-order valence-corrected chi connectivity index (χ3v) is 6.16. The van der Waals surface area contributed by atoms with E-state index in [4.69, 9.17) is 16.3 Å². The second-order valence-electron chi connectivity index (χ2n) is 6.14. The summed E-state index contributed by atoms with van der Waals surface area (Å²) < 4.78 is 29.8. The minimum absolute atomic E-state index is 0.0409. The lowest BCUT2D eigenvalue weighted by atomic mass is 10.1. The summed E-state index contributed by atoms with van der Waals surface area (Å²) in [6, 6.07) is 10.1. The minimum Gasteiger partial charge on any atom is -0.462 e. The van der Waals surface area contributed by atoms with Crippen LogP contribution in [0.1, 0.15) is 34.1 Å². The van der Waals surface area contributed by atoms with Gasteiger partial charge in [-0.1, -0.05) is 11.6 Å². The van der Waals surface area contributed by atoms with Crippen molar-refractivity contribution < 1.29 is 27.5 Å². The summed E-state index contributed by atoms with van der Waals surface area (Å²) in [6.45, 7) is 1.96. The Morgan fingerprint density at radius 3 is 2.38 bits per heavy atom. The number of hydrogen-bond acceptors (Lipinski definition) is 6. The number of nitrogens with zero attached hydrogens (tertiary/aromatic N) is 1. The van der Waals surface area contributed by atoms with Crippen LogP contribution in [0.3, 0.4) is 0 Å². The maximum Gasteiger partial charge on any atom is 0.338 e. The molecule has 1 saturated heterocycles. The van der Waals surface area contributed by atoms with E-state index in [0.717, 1.165) is 0 Å². The molecule has 1 N–H and O–H groups in total. The quantitative estimate of drug-likeness (QED) is 0.721. The first-order valence-corrected chi connectivity index (χ1v) is 10.7. The van der Waals surface area contributed by atoms with E-state index in [2.05, 4.69) is 5.32 Å². The van der Waals surface area contributed by atoms with Crippen LogP contribution in [0, 0.1) is 0 Å². The van der Waals surface area contributed by atoms with Crippen LogP contribution in [-0.2, 0) is 19.6 Å². The molecule has 1 aliphatic heterocycles. The number of sulfonamides is 1. The highest BCUT2D eigenvalue weighted by molar-refractivity contribution is 7.94. The third-order valence-electron chi connectivity index (χ3n) is 4.16. The van der Waals surface area contributed by atoms with Crippen LogP contribution in [0.2, 0.25) is 5.02 Å². The number of carbonyl (C=O) groups excluding carboxylic acids is 3. The Labute approximate surface area is 172 Å². The number of carbonyl (C=O) groups is 3. The molecule has 1 heterocycles. The lowest BCUT2D eigenvalue weighted by Crippen LogP contribution is -2.29. The van der Waals surface area contributed by atoms with E-state index in [0.29, 0.717) is 15.6 Å². The van der Waals surface area contributed by atoms with Crippen molar-refractivity contribution >= 4 is 50.8 Å². The topological polar surface area (TPSA) is 110 Å². The molecule has 29 heavy (non-hydrogen) atoms. The Morgan fingerprint density at radius 1 is 1.14 bits per heavy atom. The highest BCUT2D eigenvalue weighted by Gasteiger charge is 2.37. The number of halogens is 1. The van der Waals surface area contributed by atoms with Crippen molar-refractivity contribution in [2.24, 2.45) is 0 Å². The minimum atomic E-state index is -3.81. The van der Waals surface area contributed by atoms with Gasteiger partial charge in [0.05, 0.1) is 28.6 Å². The van der Waals surface area contributed by atoms with Crippen molar-refractivity contribution in [1.29, 1.82) is 0 Å². The van der Waals surface area contributed by atoms with Gasteiger partial charge in [0.1, 0.15) is 0 Å². The summed E-state index contributed by atoms with van der Waals surface area (Å²) in [5.41, 5.74) is 0.828. The first-order chi connectivity index (χ1) is 13.7. The van der Waals surface area contributed by atoms with Crippen LogP contribution in [0.15, 0.2) is 42.5 Å². The van der Waals surface area contributed by atoms with Crippen LogP contribution < -0.4 is 9.62 Å². The number of anilines is 2. The van der Waals surface area contributed by atoms with Crippen molar-refractivity contribution in [2.45, 2.75) is 13.3 Å². The van der Waals surface area contributed by atoms with Gasteiger partial charge in [0, 0.05) is 17.7 Å². The summed E-state index contributed by atoms with van der Waals surface area (Å²) in [5, 5.41) is 2.68. The second kappa shape index (κ2) is 8.22. The van der Waals surface area contributed by atoms with Crippen LogP contribution in [-0.4, -0.2) is 38.6 Å². The molecule has 0 spiro atoms. The molecular formula is C19H17ClN2O6S. The number of amides is 2. The van der Waals surface area contributed by atoms with Gasteiger partial charge in [-0.2, -0.15) is 0 Å². The second-order valence-corrected chi connectivity index (χ2v) is 8.49. The van der Waals surface area contributed by atoms with E-state index in [1.165, 1.54) is 42.5 Å². The SMILES string of the molecule is CCOC(=O)c1ccc(NC(=O)c2ccc(Cl)c(N3C(=O)CCS3(=O)=O)c2)cc1. The Kier molecular flexibility index (Phi) is 5.90. The molecular weight excluding hydrogens is 420 g/mol. The highest BCUT2D eigenvalue weighted by atomic mass is 35.5. The molecule has 0 aliphatic carbocycles. The smallest absolute Gasteiger partial charge is 0.338 e. The molecule has 0 aromatic heterocycles. The summed E-state index contributed by atoms with van der Waals surface area (Å²) in [7, 11) is -3.81. The third kappa shape index (κ3) is 4.41. The zero-order chi connectivity index (χ0) is 21.2. The van der Waals surface area contributed by atoms with Gasteiger partial charge in [0.2, 0.25) is 15.9 Å². The molecule has 2 aromatic carbocycles. The van der Waals surface area contributed by atoms with Gasteiger partial charge in [0.15, 0.2) is 0 Å². The van der Waals surface area contributed by atoms with Crippen LogP contribution in [0.25, 0.3) is 0 Å². The van der Waals surface area contributed by atoms with Crippen molar-refractivity contribution in [3.63, 3.8) is 0 Å². The summed E-state index contributed by atoms with van der Waals surface area (Å²) in [5.74, 6) is -1.90. The monoisotopic (exact) mass is 436 g/mol. The maximum absolute atomic E-state index is 12.6. The van der Waals surface area contributed by atoms with Crippen LogP contribution in [0.5, 0.6) is 0 Å². The van der Waals surface area contributed by atoms with Gasteiger partial charge >= 0.3 is 5.97 Å². The Balaban J connectivity index is 1.82. The Hall–Kier alpha value is -2.91. The molecule has 152 valence electrons.